The lowest BCUT2D eigenvalue weighted by Crippen LogP contribution is -2.26. The van der Waals surface area contributed by atoms with Crippen LogP contribution in [0.3, 0.4) is 0 Å². The number of phenolic OH excluding ortho intramolecular Hbond substituents is 1. The molecule has 0 saturated heterocycles. The Labute approximate surface area is 223 Å². The molecule has 4 heteroatoms. The van der Waals surface area contributed by atoms with Crippen molar-refractivity contribution >= 4 is 18.2 Å². The van der Waals surface area contributed by atoms with Crippen LogP contribution < -0.4 is 9.47 Å². The van der Waals surface area contributed by atoms with Crippen LogP contribution in [-0.2, 0) is 4.74 Å². The zero-order chi connectivity index (χ0) is 27.7. The number of ether oxygens (including phenoxy) is 3. The van der Waals surface area contributed by atoms with Gasteiger partial charge < -0.3 is 19.3 Å². The van der Waals surface area contributed by atoms with Crippen molar-refractivity contribution in [2.24, 2.45) is 0 Å². The van der Waals surface area contributed by atoms with Crippen LogP contribution >= 0.6 is 0 Å². The quantitative estimate of drug-likeness (QED) is 0.281. The number of rotatable bonds is 10. The molecule has 198 valence electrons. The standard InChI is InChI=1S/C13H18O.C12H16O2.C8H8O/c1-5-11-7-9-12(10-8-11)14-13(3,4)6-2;1-4-11-8-6-7-9-12(11)14-10(3)13-5-2;1-2-7-5-3-4-6-8(7)9/h5,7-10H,1,6H2,2-4H3;4,6-10H,1,5H2,2-3H3;2-6,9H,1H2. The minimum atomic E-state index is -0.221. The lowest BCUT2D eigenvalue weighted by molar-refractivity contribution is -0.0614. The van der Waals surface area contributed by atoms with Crippen molar-refractivity contribution in [2.75, 3.05) is 6.61 Å². The Morgan fingerprint density at radius 2 is 1.38 bits per heavy atom. The van der Waals surface area contributed by atoms with Gasteiger partial charge in [0.1, 0.15) is 22.8 Å². The summed E-state index contributed by atoms with van der Waals surface area (Å²) in [5.41, 5.74) is 2.79. The average Bonchev–Trinajstić information content (AvgIpc) is 2.90. The van der Waals surface area contributed by atoms with Gasteiger partial charge in [0.05, 0.1) is 0 Å². The van der Waals surface area contributed by atoms with Gasteiger partial charge in [0.15, 0.2) is 6.29 Å². The van der Waals surface area contributed by atoms with E-state index in [0.717, 1.165) is 34.6 Å². The fourth-order valence-electron chi connectivity index (χ4n) is 2.93. The molecule has 0 bridgehead atoms. The average molecular weight is 503 g/mol. The van der Waals surface area contributed by atoms with E-state index in [1.807, 2.05) is 80.6 Å². The molecular formula is C33H42O4. The highest BCUT2D eigenvalue weighted by Crippen LogP contribution is 2.22. The van der Waals surface area contributed by atoms with Crippen molar-refractivity contribution in [2.45, 2.75) is 52.9 Å². The summed E-state index contributed by atoms with van der Waals surface area (Å²) >= 11 is 0. The van der Waals surface area contributed by atoms with Crippen molar-refractivity contribution < 1.29 is 19.3 Å². The first-order valence-corrected chi connectivity index (χ1v) is 12.5. The molecule has 37 heavy (non-hydrogen) atoms. The first-order chi connectivity index (χ1) is 17.7. The maximum Gasteiger partial charge on any atom is 0.196 e. The third-order valence-electron chi connectivity index (χ3n) is 5.35. The number of phenols is 1. The lowest BCUT2D eigenvalue weighted by atomic mass is 10.1. The molecule has 0 spiro atoms. The highest BCUT2D eigenvalue weighted by atomic mass is 16.7. The van der Waals surface area contributed by atoms with Gasteiger partial charge in [-0.1, -0.05) is 93.4 Å². The zero-order valence-electron chi connectivity index (χ0n) is 22.9. The van der Waals surface area contributed by atoms with Gasteiger partial charge in [-0.25, -0.2) is 0 Å². The number of para-hydroxylation sites is 2. The molecule has 0 saturated carbocycles. The molecule has 0 aliphatic heterocycles. The monoisotopic (exact) mass is 502 g/mol. The highest BCUT2D eigenvalue weighted by molar-refractivity contribution is 5.55. The summed E-state index contributed by atoms with van der Waals surface area (Å²) in [4.78, 5) is 0. The number of hydrogen-bond donors (Lipinski definition) is 1. The molecular weight excluding hydrogens is 460 g/mol. The maximum absolute atomic E-state index is 9.04. The molecule has 0 aliphatic rings. The molecule has 1 N–H and O–H groups in total. The Bertz CT molecular complexity index is 1080. The van der Waals surface area contributed by atoms with E-state index >= 15 is 0 Å². The third-order valence-corrected chi connectivity index (χ3v) is 5.35. The zero-order valence-corrected chi connectivity index (χ0v) is 22.9. The van der Waals surface area contributed by atoms with Crippen LogP contribution in [-0.4, -0.2) is 23.6 Å². The van der Waals surface area contributed by atoms with Gasteiger partial charge >= 0.3 is 0 Å². The van der Waals surface area contributed by atoms with Crippen LogP contribution in [0.25, 0.3) is 18.2 Å². The third kappa shape index (κ3) is 12.2. The second-order valence-electron chi connectivity index (χ2n) is 8.63. The highest BCUT2D eigenvalue weighted by Gasteiger charge is 2.16. The van der Waals surface area contributed by atoms with Crippen molar-refractivity contribution in [3.05, 3.63) is 109 Å². The predicted octanol–water partition coefficient (Wildman–Crippen LogP) is 9.02. The van der Waals surface area contributed by atoms with Crippen LogP contribution in [0.5, 0.6) is 17.2 Å². The van der Waals surface area contributed by atoms with Crippen LogP contribution in [0.1, 0.15) is 57.7 Å². The number of benzene rings is 3. The van der Waals surface area contributed by atoms with Gasteiger partial charge in [-0.15, -0.1) is 0 Å². The smallest absolute Gasteiger partial charge is 0.196 e. The van der Waals surface area contributed by atoms with Crippen LogP contribution in [0, 0.1) is 0 Å². The van der Waals surface area contributed by atoms with Gasteiger partial charge in [-0.3, -0.25) is 0 Å². The minimum Gasteiger partial charge on any atom is -0.507 e. The molecule has 0 radical (unpaired) electrons. The van der Waals surface area contributed by atoms with E-state index in [1.165, 1.54) is 0 Å². The largest absolute Gasteiger partial charge is 0.507 e. The minimum absolute atomic E-state index is 0.0876. The van der Waals surface area contributed by atoms with Crippen molar-refractivity contribution in [3.8, 4) is 17.2 Å². The van der Waals surface area contributed by atoms with E-state index in [-0.39, 0.29) is 17.6 Å². The molecule has 1 unspecified atom stereocenters. The first-order valence-electron chi connectivity index (χ1n) is 12.5. The molecule has 3 aromatic carbocycles. The normalized spacial score (nSPS) is 10.9. The van der Waals surface area contributed by atoms with E-state index < -0.39 is 0 Å². The summed E-state index contributed by atoms with van der Waals surface area (Å²) in [6, 6.07) is 22.8. The summed E-state index contributed by atoms with van der Waals surface area (Å²) in [5.74, 6) is 2.01. The topological polar surface area (TPSA) is 47.9 Å². The summed E-state index contributed by atoms with van der Waals surface area (Å²) in [7, 11) is 0. The molecule has 0 aliphatic carbocycles. The Balaban J connectivity index is 0.000000285. The van der Waals surface area contributed by atoms with Crippen molar-refractivity contribution in [1.29, 1.82) is 0 Å². The van der Waals surface area contributed by atoms with E-state index in [1.54, 1.807) is 24.3 Å². The van der Waals surface area contributed by atoms with Gasteiger partial charge in [0.2, 0.25) is 0 Å². The molecule has 0 fully saturated rings. The Morgan fingerprint density at radius 1 is 0.811 bits per heavy atom. The summed E-state index contributed by atoms with van der Waals surface area (Å²) in [6.45, 7) is 21.7. The van der Waals surface area contributed by atoms with E-state index in [9.17, 15) is 0 Å². The fourth-order valence-corrected chi connectivity index (χ4v) is 2.93. The summed E-state index contributed by atoms with van der Waals surface area (Å²) in [5, 5.41) is 9.04. The van der Waals surface area contributed by atoms with Crippen molar-refractivity contribution in [1.82, 2.24) is 0 Å². The summed E-state index contributed by atoms with van der Waals surface area (Å²) < 4.78 is 16.7. The fraction of sp³-hybridized carbons (Fsp3) is 0.273. The van der Waals surface area contributed by atoms with Gasteiger partial charge in [0, 0.05) is 17.7 Å². The van der Waals surface area contributed by atoms with Gasteiger partial charge in [-0.2, -0.15) is 0 Å². The molecule has 0 amide bonds. The maximum atomic E-state index is 9.04. The van der Waals surface area contributed by atoms with Gasteiger partial charge in [0.25, 0.3) is 0 Å². The molecule has 1 atom stereocenters. The van der Waals surface area contributed by atoms with Gasteiger partial charge in [-0.05, 0) is 63.9 Å². The molecule has 3 aromatic rings. The molecule has 4 nitrogen and oxygen atoms in total. The molecule has 0 aromatic heterocycles. The lowest BCUT2D eigenvalue weighted by Gasteiger charge is -2.24. The van der Waals surface area contributed by atoms with E-state index in [2.05, 4.69) is 40.5 Å². The number of hydrogen-bond acceptors (Lipinski definition) is 4. The van der Waals surface area contributed by atoms with Crippen LogP contribution in [0.15, 0.2) is 92.5 Å². The second kappa shape index (κ2) is 16.8. The Morgan fingerprint density at radius 3 is 1.86 bits per heavy atom. The van der Waals surface area contributed by atoms with E-state index in [0.29, 0.717) is 6.61 Å². The predicted molar refractivity (Wildman–Crippen MR) is 158 cm³/mol. The van der Waals surface area contributed by atoms with E-state index in [4.69, 9.17) is 19.3 Å². The second-order valence-corrected chi connectivity index (χ2v) is 8.63. The first kappa shape index (κ1) is 31.3. The Kier molecular flexibility index (Phi) is 14.2. The molecule has 0 heterocycles. The van der Waals surface area contributed by atoms with Crippen molar-refractivity contribution in [3.63, 3.8) is 0 Å². The SMILES string of the molecule is C=Cc1ccc(OC(C)(C)CC)cc1.C=Cc1ccccc1O.C=Cc1ccccc1OC(C)OCC. The van der Waals surface area contributed by atoms with Crippen LogP contribution in [0.2, 0.25) is 0 Å². The Hall–Kier alpha value is -3.76. The van der Waals surface area contributed by atoms with Crippen LogP contribution in [0.4, 0.5) is 0 Å². The molecule has 3 rings (SSSR count). The summed E-state index contributed by atoms with van der Waals surface area (Å²) in [6.07, 6.45) is 6.00. The number of aromatic hydroxyl groups is 1.